The zero-order valence-corrected chi connectivity index (χ0v) is 48.1. The SMILES string of the molecule is CNc1ccc2oc(C[C@H]3OC4(CC[C@H]3C)O[C@H]([C@H](C)C(=O)c3ccc[nH]3)[C@H](C)C[C@H]4C)nc2c1C(=O)[O-].CNc1ccc2oc(C[C@H]3O[C@@]4(CC[C@H]3C)O[C@H]([C@H](C)C(=O)c3ccc[nH]3)[C@H](C)C[C@H]4C)nc2c1C(=O)[O-].[Ca+2]. The summed E-state index contributed by atoms with van der Waals surface area (Å²) in [7, 11) is 3.30. The minimum absolute atomic E-state index is 0. The number of nitrogens with one attached hydrogen (secondary N) is 4. The van der Waals surface area contributed by atoms with Crippen molar-refractivity contribution in [1.82, 2.24) is 19.9 Å². The number of ether oxygens (including phenoxy) is 4. The van der Waals surface area contributed by atoms with E-state index in [1.54, 1.807) is 62.9 Å². The number of benzene rings is 2. The first-order chi connectivity index (χ1) is 36.3. The van der Waals surface area contributed by atoms with Gasteiger partial charge in [-0.15, -0.1) is 0 Å². The Morgan fingerprint density at radius 2 is 1.00 bits per heavy atom. The smallest absolute Gasteiger partial charge is 0.545 e. The fourth-order valence-corrected chi connectivity index (χ4v) is 12.5. The first-order valence-electron chi connectivity index (χ1n) is 27.0. The van der Waals surface area contributed by atoms with Gasteiger partial charge in [-0.05, 0) is 97.9 Å². The molecule has 2 aromatic carbocycles. The van der Waals surface area contributed by atoms with Crippen molar-refractivity contribution in [2.24, 2.45) is 47.3 Å². The van der Waals surface area contributed by atoms with Gasteiger partial charge in [-0.1, -0.05) is 55.4 Å². The first kappa shape index (κ1) is 58.1. The molecule has 10 rings (SSSR count). The molecule has 14 atom stereocenters. The van der Waals surface area contributed by atoms with Gasteiger partial charge in [0.25, 0.3) is 0 Å². The van der Waals surface area contributed by atoms with E-state index in [1.165, 1.54) is 0 Å². The number of carbonyl (C=O) groups excluding carboxylic acids is 4. The Kier molecular flexibility index (Phi) is 17.9. The van der Waals surface area contributed by atoms with Crippen molar-refractivity contribution in [3.05, 3.63) is 95.2 Å². The van der Waals surface area contributed by atoms with Gasteiger partial charge < -0.3 is 68.2 Å². The van der Waals surface area contributed by atoms with Gasteiger partial charge in [0.1, 0.15) is 11.0 Å². The second-order valence-electron chi connectivity index (χ2n) is 22.2. The summed E-state index contributed by atoms with van der Waals surface area (Å²) in [6.45, 7) is 16.7. The van der Waals surface area contributed by atoms with Crippen LogP contribution in [0.5, 0.6) is 0 Å². The molecule has 18 nitrogen and oxygen atoms in total. The fraction of sp³-hybridized carbons (Fsp3) is 0.552. The molecule has 0 amide bonds. The molecular formula is C58H72CaN6O12. The van der Waals surface area contributed by atoms with Crippen LogP contribution in [0.3, 0.4) is 0 Å². The van der Waals surface area contributed by atoms with Gasteiger partial charge in [0.15, 0.2) is 46.1 Å². The van der Waals surface area contributed by atoms with Crippen LogP contribution in [0.2, 0.25) is 0 Å². The molecule has 4 aliphatic heterocycles. The molecule has 0 aliphatic carbocycles. The summed E-state index contributed by atoms with van der Waals surface area (Å²) in [5, 5.41) is 29.4. The first-order valence-corrected chi connectivity index (χ1v) is 27.0. The summed E-state index contributed by atoms with van der Waals surface area (Å²) in [6, 6.07) is 13.9. The van der Waals surface area contributed by atoms with Crippen molar-refractivity contribution in [1.29, 1.82) is 0 Å². The summed E-state index contributed by atoms with van der Waals surface area (Å²) in [5.41, 5.74) is 3.30. The number of aromatic nitrogens is 4. The van der Waals surface area contributed by atoms with Gasteiger partial charge in [-0.25, -0.2) is 9.97 Å². The number of carboxylic acids is 2. The monoisotopic (exact) mass is 1080 g/mol. The van der Waals surface area contributed by atoms with E-state index in [4.69, 9.17) is 27.8 Å². The molecule has 0 radical (unpaired) electrons. The number of H-pyrrole nitrogens is 2. The van der Waals surface area contributed by atoms with Crippen LogP contribution in [-0.2, 0) is 31.8 Å². The average molecular weight is 1090 g/mol. The molecular weight excluding hydrogens is 1010 g/mol. The van der Waals surface area contributed by atoms with Crippen LogP contribution in [0.1, 0.15) is 147 Å². The van der Waals surface area contributed by atoms with Gasteiger partial charge in [0.05, 0.1) is 71.7 Å². The minimum Gasteiger partial charge on any atom is -0.545 e. The molecule has 4 aromatic heterocycles. The number of aromatic carboxylic acids is 2. The molecule has 0 bridgehead atoms. The van der Waals surface area contributed by atoms with E-state index in [1.807, 2.05) is 26.0 Å². The number of fused-ring (bicyclic) bond motifs is 2. The third-order valence-electron chi connectivity index (χ3n) is 17.1. The van der Waals surface area contributed by atoms with Crippen molar-refractivity contribution in [2.45, 2.75) is 143 Å². The number of carboxylic acid groups (broad SMARTS) is 2. The van der Waals surface area contributed by atoms with E-state index < -0.39 is 23.5 Å². The number of hydrogen-bond donors (Lipinski definition) is 4. The summed E-state index contributed by atoms with van der Waals surface area (Å²) < 4.78 is 39.0. The standard InChI is InChI=1S/2C29H37N3O6.Ca/c2*1-15-10-11-29(17(3)13-16(2)27(38-29)18(4)26(33)20-7-6-12-31-20)37-22(15)14-23-32-25-21(36-23)9-8-19(30-5)24(25)28(34)35;/h2*6-9,12,15-18,22,27,30-31H,10-11,13-14H2,1-5H3,(H,34,35);/q;;+2/p-2/t15-,16-,17-,18-,22-,27+,29?;15-,16-,17-,18-,22-,27+,29+;/m11./s1. The molecule has 19 heteroatoms. The molecule has 0 saturated carbocycles. The van der Waals surface area contributed by atoms with Gasteiger partial charge in [0, 0.05) is 74.4 Å². The molecule has 4 aliphatic rings. The molecule has 8 heterocycles. The summed E-state index contributed by atoms with van der Waals surface area (Å²) in [6.07, 6.45) is 8.30. The summed E-state index contributed by atoms with van der Waals surface area (Å²) in [5.74, 6) is -2.87. The molecule has 1 unspecified atom stereocenters. The summed E-state index contributed by atoms with van der Waals surface area (Å²) >= 11 is 0. The van der Waals surface area contributed by atoms with Crippen molar-refractivity contribution in [2.75, 3.05) is 24.7 Å². The zero-order chi connectivity index (χ0) is 54.4. The van der Waals surface area contributed by atoms with Crippen molar-refractivity contribution >= 4 is 94.8 Å². The molecule has 2 spiro atoms. The van der Waals surface area contributed by atoms with Crippen LogP contribution in [0.25, 0.3) is 22.2 Å². The molecule has 6 aromatic rings. The number of anilines is 2. The molecule has 4 N–H and O–H groups in total. The maximum Gasteiger partial charge on any atom is 2.00 e. The van der Waals surface area contributed by atoms with Gasteiger partial charge in [-0.2, -0.15) is 0 Å². The molecule has 4 fully saturated rings. The normalized spacial score (nSPS) is 30.0. The Bertz CT molecular complexity index is 2840. The van der Waals surface area contributed by atoms with Crippen molar-refractivity contribution < 1.29 is 57.2 Å². The molecule has 408 valence electrons. The maximum absolute atomic E-state index is 13.1. The second kappa shape index (κ2) is 23.7. The van der Waals surface area contributed by atoms with Crippen LogP contribution in [0, 0.1) is 47.3 Å². The van der Waals surface area contributed by atoms with Gasteiger partial charge in [-0.3, -0.25) is 9.59 Å². The Labute approximate surface area is 478 Å². The average Bonchev–Trinajstić information content (AvgIpc) is 4.33. The maximum atomic E-state index is 13.1. The van der Waals surface area contributed by atoms with Gasteiger partial charge >= 0.3 is 37.7 Å². The van der Waals surface area contributed by atoms with E-state index in [9.17, 15) is 29.4 Å². The van der Waals surface area contributed by atoms with E-state index in [0.29, 0.717) is 58.6 Å². The Morgan fingerprint density at radius 3 is 1.34 bits per heavy atom. The minimum atomic E-state index is -1.31. The largest absolute Gasteiger partial charge is 2.00 e. The quantitative estimate of drug-likeness (QED) is 0.0595. The predicted molar refractivity (Wildman–Crippen MR) is 285 cm³/mol. The number of Topliss-reactive ketones (excluding diaryl/α,β-unsaturated/α-hetero) is 2. The number of hydrogen-bond acceptors (Lipinski definition) is 16. The van der Waals surface area contributed by atoms with Crippen LogP contribution in [-0.4, -0.2) is 131 Å². The number of oxazole rings is 2. The van der Waals surface area contributed by atoms with Crippen LogP contribution < -0.4 is 20.8 Å². The van der Waals surface area contributed by atoms with Crippen LogP contribution in [0.15, 0.2) is 69.8 Å². The fourth-order valence-electron chi connectivity index (χ4n) is 12.5. The van der Waals surface area contributed by atoms with Crippen LogP contribution in [0.4, 0.5) is 11.4 Å². The van der Waals surface area contributed by atoms with Gasteiger partial charge in [0.2, 0.25) is 0 Å². The predicted octanol–water partition coefficient (Wildman–Crippen LogP) is 8.01. The third kappa shape index (κ3) is 11.5. The molecule has 77 heavy (non-hydrogen) atoms. The van der Waals surface area contributed by atoms with E-state index >= 15 is 0 Å². The number of ketones is 2. The number of carbonyl (C=O) groups is 4. The number of aromatic amines is 2. The Morgan fingerprint density at radius 1 is 0.610 bits per heavy atom. The topological polar surface area (TPSA) is 259 Å². The van der Waals surface area contributed by atoms with Crippen molar-refractivity contribution in [3.8, 4) is 0 Å². The second-order valence-corrected chi connectivity index (χ2v) is 22.2. The number of rotatable bonds is 14. The van der Waals surface area contributed by atoms with E-state index in [0.717, 1.165) is 38.5 Å². The third-order valence-corrected chi connectivity index (χ3v) is 17.1. The Hall–Kier alpha value is -5.08. The van der Waals surface area contributed by atoms with Crippen molar-refractivity contribution in [3.63, 3.8) is 0 Å². The molecule has 4 saturated heterocycles. The zero-order valence-electron chi connectivity index (χ0n) is 45.9. The van der Waals surface area contributed by atoms with E-state index in [-0.39, 0.29) is 143 Å². The Balaban J connectivity index is 0.000000201. The van der Waals surface area contributed by atoms with Crippen LogP contribution >= 0.6 is 0 Å². The van der Waals surface area contributed by atoms with E-state index in [2.05, 4.69) is 72.1 Å². The number of nitrogens with zero attached hydrogens (tertiary/aromatic N) is 2. The summed E-state index contributed by atoms with van der Waals surface area (Å²) in [4.78, 5) is 65.0.